The van der Waals surface area contributed by atoms with Crippen LogP contribution in [0.5, 0.6) is 0 Å². The number of likely N-dealkylation sites (tertiary alicyclic amines) is 1. The van der Waals surface area contributed by atoms with Crippen LogP contribution < -0.4 is 10.6 Å². The van der Waals surface area contributed by atoms with E-state index >= 15 is 0 Å². The van der Waals surface area contributed by atoms with Crippen LogP contribution in [0.4, 0.5) is 11.4 Å². The summed E-state index contributed by atoms with van der Waals surface area (Å²) in [5.41, 5.74) is 1.16. The van der Waals surface area contributed by atoms with E-state index in [9.17, 15) is 9.59 Å². The van der Waals surface area contributed by atoms with Crippen LogP contribution in [0.1, 0.15) is 26.2 Å². The quantitative estimate of drug-likeness (QED) is 0.842. The van der Waals surface area contributed by atoms with Crippen molar-refractivity contribution >= 4 is 23.2 Å². The third kappa shape index (κ3) is 3.41. The smallest absolute Gasteiger partial charge is 0.250 e. The van der Waals surface area contributed by atoms with Crippen molar-refractivity contribution in [1.29, 1.82) is 0 Å². The number of nitrogens with one attached hydrogen (secondary N) is 2. The molecular formula is C20H28N4O3. The molecule has 3 aliphatic heterocycles. The van der Waals surface area contributed by atoms with Crippen LogP contribution in [-0.2, 0) is 14.3 Å². The highest BCUT2D eigenvalue weighted by Crippen LogP contribution is 2.36. The lowest BCUT2D eigenvalue weighted by atomic mass is 9.84. The molecule has 0 aromatic heterocycles. The molecule has 27 heavy (non-hydrogen) atoms. The second-order valence-corrected chi connectivity index (χ2v) is 7.60. The largest absolute Gasteiger partial charge is 0.379 e. The number of ether oxygens (including phenoxy) is 1. The number of fused-ring (bicyclic) bond motifs is 1. The van der Waals surface area contributed by atoms with Gasteiger partial charge in [0, 0.05) is 26.2 Å². The Morgan fingerprint density at radius 1 is 1.15 bits per heavy atom. The molecule has 2 fully saturated rings. The molecule has 7 nitrogen and oxygen atoms in total. The summed E-state index contributed by atoms with van der Waals surface area (Å²) >= 11 is 0. The molecule has 7 heteroatoms. The minimum atomic E-state index is -0.619. The predicted molar refractivity (Wildman–Crippen MR) is 104 cm³/mol. The standard InChI is InChI=1S/C20H28N4O3/c1-2-17(23-11-13-27-14-12-23)18(25)24-9-7-20(8-10-24)19(26)21-15-5-3-4-6-16(15)22-20/h3-6,17,22H,2,7-14H2,1H3,(H,21,26)/t17-/m1/s1. The summed E-state index contributed by atoms with van der Waals surface area (Å²) in [4.78, 5) is 30.0. The maximum atomic E-state index is 13.1. The summed E-state index contributed by atoms with van der Waals surface area (Å²) < 4.78 is 5.42. The molecule has 1 spiro atoms. The maximum Gasteiger partial charge on any atom is 0.250 e. The minimum absolute atomic E-state index is 0.00789. The number of amides is 2. The van der Waals surface area contributed by atoms with Gasteiger partial charge in [-0.15, -0.1) is 0 Å². The van der Waals surface area contributed by atoms with Gasteiger partial charge >= 0.3 is 0 Å². The summed E-state index contributed by atoms with van der Waals surface area (Å²) in [6.07, 6.45) is 2.05. The lowest BCUT2D eigenvalue weighted by Gasteiger charge is -2.45. The monoisotopic (exact) mass is 372 g/mol. The molecule has 1 aromatic carbocycles. The molecule has 3 heterocycles. The van der Waals surface area contributed by atoms with E-state index < -0.39 is 5.54 Å². The van der Waals surface area contributed by atoms with Crippen molar-refractivity contribution in [3.63, 3.8) is 0 Å². The molecule has 0 bridgehead atoms. The molecule has 2 N–H and O–H groups in total. The zero-order valence-electron chi connectivity index (χ0n) is 15.9. The Kier molecular flexibility index (Phi) is 5.06. The van der Waals surface area contributed by atoms with Gasteiger partial charge in [-0.3, -0.25) is 14.5 Å². The topological polar surface area (TPSA) is 73.9 Å². The van der Waals surface area contributed by atoms with Crippen molar-refractivity contribution < 1.29 is 14.3 Å². The number of nitrogens with zero attached hydrogens (tertiary/aromatic N) is 2. The first kappa shape index (κ1) is 18.3. The Labute approximate surface area is 160 Å². The van der Waals surface area contributed by atoms with Crippen molar-refractivity contribution in [3.05, 3.63) is 24.3 Å². The Hall–Kier alpha value is -2.12. The average molecular weight is 372 g/mol. The van der Waals surface area contributed by atoms with Crippen LogP contribution in [0, 0.1) is 0 Å². The normalized spacial score (nSPS) is 23.3. The summed E-state index contributed by atoms with van der Waals surface area (Å²) in [6.45, 7) is 6.26. The van der Waals surface area contributed by atoms with Crippen molar-refractivity contribution in [2.75, 3.05) is 50.0 Å². The number of piperidine rings is 1. The number of hydrogen-bond donors (Lipinski definition) is 2. The van der Waals surface area contributed by atoms with Crippen LogP contribution in [0.2, 0.25) is 0 Å². The van der Waals surface area contributed by atoms with Gasteiger partial charge < -0.3 is 20.3 Å². The molecule has 0 saturated carbocycles. The molecule has 2 amide bonds. The number of anilines is 2. The number of benzene rings is 1. The van der Waals surface area contributed by atoms with Crippen molar-refractivity contribution in [2.45, 2.75) is 37.8 Å². The van der Waals surface area contributed by atoms with E-state index in [2.05, 4.69) is 22.5 Å². The third-order valence-electron chi connectivity index (χ3n) is 6.07. The van der Waals surface area contributed by atoms with E-state index in [0.29, 0.717) is 39.1 Å². The van der Waals surface area contributed by atoms with Gasteiger partial charge in [0.15, 0.2) is 0 Å². The van der Waals surface area contributed by atoms with Crippen molar-refractivity contribution in [3.8, 4) is 0 Å². The first-order valence-electron chi connectivity index (χ1n) is 9.92. The molecule has 0 unspecified atom stereocenters. The highest BCUT2D eigenvalue weighted by Gasteiger charge is 2.45. The number of carbonyl (C=O) groups is 2. The van der Waals surface area contributed by atoms with E-state index in [1.54, 1.807) is 0 Å². The van der Waals surface area contributed by atoms with Gasteiger partial charge in [0.25, 0.3) is 0 Å². The van der Waals surface area contributed by atoms with Gasteiger partial charge in [0.2, 0.25) is 11.8 Å². The molecule has 1 atom stereocenters. The lowest BCUT2D eigenvalue weighted by molar-refractivity contribution is -0.141. The van der Waals surface area contributed by atoms with Crippen molar-refractivity contribution in [2.24, 2.45) is 0 Å². The zero-order valence-corrected chi connectivity index (χ0v) is 15.9. The Balaban J connectivity index is 1.42. The van der Waals surface area contributed by atoms with Gasteiger partial charge in [0.1, 0.15) is 5.54 Å². The SMILES string of the molecule is CC[C@H](C(=O)N1CCC2(CC1)Nc1ccccc1NC2=O)N1CCOCC1. The first-order chi connectivity index (χ1) is 13.1. The Morgan fingerprint density at radius 3 is 2.48 bits per heavy atom. The fourth-order valence-electron chi connectivity index (χ4n) is 4.41. The summed E-state index contributed by atoms with van der Waals surface area (Å²) in [7, 11) is 0. The van der Waals surface area contributed by atoms with Crippen LogP contribution in [0.15, 0.2) is 24.3 Å². The molecule has 0 radical (unpaired) electrons. The van der Waals surface area contributed by atoms with Crippen LogP contribution in [-0.4, -0.2) is 72.6 Å². The van der Waals surface area contributed by atoms with E-state index in [0.717, 1.165) is 30.9 Å². The minimum Gasteiger partial charge on any atom is -0.379 e. The van der Waals surface area contributed by atoms with E-state index in [4.69, 9.17) is 4.74 Å². The van der Waals surface area contributed by atoms with Gasteiger partial charge in [-0.2, -0.15) is 0 Å². The van der Waals surface area contributed by atoms with E-state index in [1.165, 1.54) is 0 Å². The van der Waals surface area contributed by atoms with Gasteiger partial charge in [-0.1, -0.05) is 19.1 Å². The average Bonchev–Trinajstić information content (AvgIpc) is 2.71. The van der Waals surface area contributed by atoms with Crippen LogP contribution in [0.3, 0.4) is 0 Å². The molecule has 146 valence electrons. The second-order valence-electron chi connectivity index (χ2n) is 7.60. The van der Waals surface area contributed by atoms with Gasteiger partial charge in [-0.25, -0.2) is 0 Å². The molecule has 2 saturated heterocycles. The highest BCUT2D eigenvalue weighted by atomic mass is 16.5. The number of carbonyl (C=O) groups excluding carboxylic acids is 2. The fourth-order valence-corrected chi connectivity index (χ4v) is 4.41. The maximum absolute atomic E-state index is 13.1. The zero-order chi connectivity index (χ0) is 18.9. The number of rotatable bonds is 3. The van der Waals surface area contributed by atoms with Crippen molar-refractivity contribution in [1.82, 2.24) is 9.80 Å². The molecular weight excluding hydrogens is 344 g/mol. The molecule has 3 aliphatic rings. The van der Waals surface area contributed by atoms with Crippen LogP contribution >= 0.6 is 0 Å². The fraction of sp³-hybridized carbons (Fsp3) is 0.600. The summed E-state index contributed by atoms with van der Waals surface area (Å²) in [6, 6.07) is 7.68. The number of para-hydroxylation sites is 2. The molecule has 4 rings (SSSR count). The molecule has 0 aliphatic carbocycles. The van der Waals surface area contributed by atoms with Crippen LogP contribution in [0.25, 0.3) is 0 Å². The van der Waals surface area contributed by atoms with Gasteiger partial charge in [-0.05, 0) is 31.4 Å². The second kappa shape index (κ2) is 7.48. The Morgan fingerprint density at radius 2 is 1.81 bits per heavy atom. The summed E-state index contributed by atoms with van der Waals surface area (Å²) in [5.74, 6) is 0.194. The Bertz CT molecular complexity index is 709. The molecule has 1 aromatic rings. The summed E-state index contributed by atoms with van der Waals surface area (Å²) in [5, 5.41) is 6.47. The van der Waals surface area contributed by atoms with E-state index in [-0.39, 0.29) is 17.9 Å². The first-order valence-corrected chi connectivity index (χ1v) is 9.92. The third-order valence-corrected chi connectivity index (χ3v) is 6.07. The lowest BCUT2D eigenvalue weighted by Crippen LogP contribution is -2.61. The van der Waals surface area contributed by atoms with Gasteiger partial charge in [0.05, 0.1) is 30.6 Å². The number of morpholine rings is 1. The highest BCUT2D eigenvalue weighted by molar-refractivity contribution is 6.06. The van der Waals surface area contributed by atoms with E-state index in [1.807, 2.05) is 29.2 Å². The number of hydrogen-bond acceptors (Lipinski definition) is 5. The predicted octanol–water partition coefficient (Wildman–Crippen LogP) is 1.52.